The molecule has 0 aliphatic carbocycles. The Bertz CT molecular complexity index is 698. The first-order valence-corrected chi connectivity index (χ1v) is 10.1. The standard InChI is InChI=1S/C17H23NO6S/c1-2-3-9-23-15-6-4-13(5-7-15)17(20)24-11-16(19)18-14-8-10-25(21,22)12-14/h4-7,14H,2-3,8-12H2,1H3,(H,18,19)/t14-/m0/s1. The fraction of sp³-hybridized carbons (Fsp3) is 0.529. The predicted octanol–water partition coefficient (Wildman–Crippen LogP) is 1.33. The van der Waals surface area contributed by atoms with Crippen LogP contribution in [0.4, 0.5) is 0 Å². The molecule has 0 unspecified atom stereocenters. The van der Waals surface area contributed by atoms with E-state index in [1.165, 1.54) is 0 Å². The van der Waals surface area contributed by atoms with E-state index in [4.69, 9.17) is 9.47 Å². The van der Waals surface area contributed by atoms with E-state index in [9.17, 15) is 18.0 Å². The number of unbranched alkanes of at least 4 members (excludes halogenated alkanes) is 1. The highest BCUT2D eigenvalue weighted by molar-refractivity contribution is 7.91. The second kappa shape index (κ2) is 8.84. The van der Waals surface area contributed by atoms with E-state index in [0.717, 1.165) is 12.8 Å². The van der Waals surface area contributed by atoms with Crippen molar-refractivity contribution in [3.63, 3.8) is 0 Å². The molecule has 138 valence electrons. The number of ether oxygens (including phenoxy) is 2. The maximum absolute atomic E-state index is 11.9. The van der Waals surface area contributed by atoms with Crippen LogP contribution in [0.1, 0.15) is 36.5 Å². The van der Waals surface area contributed by atoms with Crippen LogP contribution in [-0.2, 0) is 19.4 Å². The number of esters is 1. The summed E-state index contributed by atoms with van der Waals surface area (Å²) in [6.07, 6.45) is 2.39. The first-order chi connectivity index (χ1) is 11.9. The van der Waals surface area contributed by atoms with Crippen LogP contribution in [0.25, 0.3) is 0 Å². The van der Waals surface area contributed by atoms with Gasteiger partial charge in [0, 0.05) is 6.04 Å². The first-order valence-electron chi connectivity index (χ1n) is 8.29. The number of sulfone groups is 1. The van der Waals surface area contributed by atoms with Crippen LogP contribution < -0.4 is 10.1 Å². The Hall–Kier alpha value is -2.09. The van der Waals surface area contributed by atoms with Gasteiger partial charge in [-0.2, -0.15) is 0 Å². The molecule has 0 bridgehead atoms. The van der Waals surface area contributed by atoms with E-state index in [1.807, 2.05) is 0 Å². The zero-order valence-electron chi connectivity index (χ0n) is 14.2. The summed E-state index contributed by atoms with van der Waals surface area (Å²) in [6.45, 7) is 2.26. The van der Waals surface area contributed by atoms with Gasteiger partial charge in [-0.05, 0) is 37.1 Å². The summed E-state index contributed by atoms with van der Waals surface area (Å²) in [5, 5.41) is 2.56. The summed E-state index contributed by atoms with van der Waals surface area (Å²) >= 11 is 0. The number of benzene rings is 1. The van der Waals surface area contributed by atoms with E-state index >= 15 is 0 Å². The summed E-state index contributed by atoms with van der Waals surface area (Å²) in [5.74, 6) is -0.439. The molecule has 0 spiro atoms. The largest absolute Gasteiger partial charge is 0.494 e. The van der Waals surface area contributed by atoms with Crippen molar-refractivity contribution in [3.05, 3.63) is 29.8 Å². The Labute approximate surface area is 147 Å². The Morgan fingerprint density at radius 3 is 2.56 bits per heavy atom. The summed E-state index contributed by atoms with van der Waals surface area (Å²) in [5.41, 5.74) is 0.319. The van der Waals surface area contributed by atoms with Gasteiger partial charge in [0.05, 0.1) is 23.7 Å². The number of amides is 1. The number of hydrogen-bond acceptors (Lipinski definition) is 6. The van der Waals surface area contributed by atoms with Crippen molar-refractivity contribution in [2.24, 2.45) is 0 Å². The molecule has 2 rings (SSSR count). The second-order valence-electron chi connectivity index (χ2n) is 5.97. The Morgan fingerprint density at radius 1 is 1.24 bits per heavy atom. The summed E-state index contributed by atoms with van der Waals surface area (Å²) in [7, 11) is -3.06. The van der Waals surface area contributed by atoms with Crippen LogP contribution >= 0.6 is 0 Å². The first kappa shape index (κ1) is 19.2. The lowest BCUT2D eigenvalue weighted by Gasteiger charge is -2.11. The Morgan fingerprint density at radius 2 is 1.96 bits per heavy atom. The Kier molecular flexibility index (Phi) is 6.81. The predicted molar refractivity (Wildman–Crippen MR) is 92.3 cm³/mol. The van der Waals surface area contributed by atoms with Crippen LogP contribution in [0.5, 0.6) is 5.75 Å². The molecule has 0 aromatic heterocycles. The van der Waals surface area contributed by atoms with Crippen molar-refractivity contribution in [1.29, 1.82) is 0 Å². The molecule has 1 aromatic carbocycles. The SMILES string of the molecule is CCCCOc1ccc(C(=O)OCC(=O)N[C@H]2CCS(=O)(=O)C2)cc1. The normalized spacial score (nSPS) is 18.5. The average Bonchev–Trinajstić information content (AvgIpc) is 2.92. The van der Waals surface area contributed by atoms with Crippen molar-refractivity contribution in [2.45, 2.75) is 32.2 Å². The second-order valence-corrected chi connectivity index (χ2v) is 8.20. The molecular weight excluding hydrogens is 346 g/mol. The fourth-order valence-corrected chi connectivity index (χ4v) is 4.09. The number of carbonyl (C=O) groups is 2. The maximum atomic E-state index is 11.9. The molecule has 1 aromatic rings. The zero-order chi connectivity index (χ0) is 18.3. The van der Waals surface area contributed by atoms with Crippen LogP contribution in [0.3, 0.4) is 0 Å². The molecule has 8 heteroatoms. The van der Waals surface area contributed by atoms with Gasteiger partial charge in [0.15, 0.2) is 16.4 Å². The summed E-state index contributed by atoms with van der Waals surface area (Å²) < 4.78 is 33.1. The van der Waals surface area contributed by atoms with Crippen molar-refractivity contribution in [2.75, 3.05) is 24.7 Å². The molecule has 1 amide bonds. The van der Waals surface area contributed by atoms with Gasteiger partial charge in [0.2, 0.25) is 0 Å². The van der Waals surface area contributed by atoms with E-state index in [-0.39, 0.29) is 11.5 Å². The monoisotopic (exact) mass is 369 g/mol. The molecule has 1 aliphatic rings. The van der Waals surface area contributed by atoms with Crippen LogP contribution in [-0.4, -0.2) is 51.1 Å². The minimum atomic E-state index is -3.06. The van der Waals surface area contributed by atoms with Gasteiger partial charge in [-0.3, -0.25) is 4.79 Å². The van der Waals surface area contributed by atoms with Gasteiger partial charge in [-0.25, -0.2) is 13.2 Å². The smallest absolute Gasteiger partial charge is 0.338 e. The van der Waals surface area contributed by atoms with Crippen molar-refractivity contribution < 1.29 is 27.5 Å². The van der Waals surface area contributed by atoms with Gasteiger partial charge in [-0.1, -0.05) is 13.3 Å². The van der Waals surface area contributed by atoms with Crippen molar-refractivity contribution in [3.8, 4) is 5.75 Å². The topological polar surface area (TPSA) is 98.8 Å². The third-order valence-corrected chi connectivity index (χ3v) is 5.56. The molecule has 0 saturated carbocycles. The van der Waals surface area contributed by atoms with E-state index in [1.54, 1.807) is 24.3 Å². The van der Waals surface area contributed by atoms with Gasteiger partial charge in [0.25, 0.3) is 5.91 Å². The van der Waals surface area contributed by atoms with E-state index in [0.29, 0.717) is 24.3 Å². The minimum absolute atomic E-state index is 0.0633. The highest BCUT2D eigenvalue weighted by atomic mass is 32.2. The summed E-state index contributed by atoms with van der Waals surface area (Å²) in [6, 6.07) is 6.09. The summed E-state index contributed by atoms with van der Waals surface area (Å²) in [4.78, 5) is 23.7. The molecule has 7 nitrogen and oxygen atoms in total. The maximum Gasteiger partial charge on any atom is 0.338 e. The van der Waals surface area contributed by atoms with E-state index in [2.05, 4.69) is 12.2 Å². The lowest BCUT2D eigenvalue weighted by molar-refractivity contribution is -0.124. The van der Waals surface area contributed by atoms with Crippen molar-refractivity contribution in [1.82, 2.24) is 5.32 Å². The molecule has 1 saturated heterocycles. The molecule has 0 radical (unpaired) electrons. The number of rotatable bonds is 8. The van der Waals surface area contributed by atoms with Crippen LogP contribution in [0, 0.1) is 0 Å². The fourth-order valence-electron chi connectivity index (χ4n) is 2.41. The highest BCUT2D eigenvalue weighted by Gasteiger charge is 2.29. The Balaban J connectivity index is 1.75. The van der Waals surface area contributed by atoms with E-state index < -0.39 is 34.4 Å². The molecule has 1 fully saturated rings. The quantitative estimate of drug-likeness (QED) is 0.548. The molecule has 1 aliphatic heterocycles. The van der Waals surface area contributed by atoms with Gasteiger partial charge < -0.3 is 14.8 Å². The van der Waals surface area contributed by atoms with Crippen molar-refractivity contribution >= 4 is 21.7 Å². The molecular formula is C17H23NO6S. The molecule has 25 heavy (non-hydrogen) atoms. The number of carbonyl (C=O) groups excluding carboxylic acids is 2. The van der Waals surface area contributed by atoms with Gasteiger partial charge >= 0.3 is 5.97 Å². The number of hydrogen-bond donors (Lipinski definition) is 1. The highest BCUT2D eigenvalue weighted by Crippen LogP contribution is 2.14. The number of nitrogens with one attached hydrogen (secondary N) is 1. The lowest BCUT2D eigenvalue weighted by atomic mass is 10.2. The molecule has 1 heterocycles. The lowest BCUT2D eigenvalue weighted by Crippen LogP contribution is -2.38. The van der Waals surface area contributed by atoms with Crippen LogP contribution in [0.15, 0.2) is 24.3 Å². The third-order valence-electron chi connectivity index (χ3n) is 3.79. The van der Waals surface area contributed by atoms with Gasteiger partial charge in [0.1, 0.15) is 5.75 Å². The molecule has 1 atom stereocenters. The minimum Gasteiger partial charge on any atom is -0.494 e. The van der Waals surface area contributed by atoms with Crippen LogP contribution in [0.2, 0.25) is 0 Å². The molecule has 1 N–H and O–H groups in total. The third kappa shape index (κ3) is 6.38. The zero-order valence-corrected chi connectivity index (χ0v) is 15.0. The van der Waals surface area contributed by atoms with Gasteiger partial charge in [-0.15, -0.1) is 0 Å². The average molecular weight is 369 g/mol.